The Bertz CT molecular complexity index is 491. The predicted molar refractivity (Wildman–Crippen MR) is 101 cm³/mol. The highest BCUT2D eigenvalue weighted by Gasteiger charge is 2.40. The first-order valence-corrected chi connectivity index (χ1v) is 9.50. The third kappa shape index (κ3) is 6.70. The monoisotopic (exact) mass is 349 g/mol. The summed E-state index contributed by atoms with van der Waals surface area (Å²) >= 11 is 0. The van der Waals surface area contributed by atoms with Gasteiger partial charge in [0.2, 0.25) is 0 Å². The van der Waals surface area contributed by atoms with Gasteiger partial charge in [-0.05, 0) is 43.2 Å². The first-order chi connectivity index (χ1) is 11.9. The van der Waals surface area contributed by atoms with Gasteiger partial charge in [-0.1, -0.05) is 44.2 Å². The Labute approximate surface area is 152 Å². The average Bonchev–Trinajstić information content (AvgIpc) is 2.57. The number of hydrogen-bond acceptors (Lipinski definition) is 4. The number of aliphatic hydroxyl groups excluding tert-OH is 2. The molecule has 2 rings (SSSR count). The van der Waals surface area contributed by atoms with Gasteiger partial charge < -0.3 is 19.8 Å². The molecule has 1 saturated carbocycles. The van der Waals surface area contributed by atoms with Crippen LogP contribution >= 0.6 is 0 Å². The lowest BCUT2D eigenvalue weighted by atomic mass is 9.66. The number of ether oxygens (including phenoxy) is 1. The van der Waals surface area contributed by atoms with Gasteiger partial charge in [-0.15, -0.1) is 0 Å². The zero-order valence-electron chi connectivity index (χ0n) is 16.0. The van der Waals surface area contributed by atoms with Gasteiger partial charge >= 0.3 is 0 Å². The molecule has 1 aromatic carbocycles. The van der Waals surface area contributed by atoms with Crippen LogP contribution in [-0.4, -0.2) is 54.6 Å². The summed E-state index contributed by atoms with van der Waals surface area (Å²) < 4.78 is 5.93. The van der Waals surface area contributed by atoms with E-state index < -0.39 is 0 Å². The molecule has 1 fully saturated rings. The average molecular weight is 350 g/mol. The molecule has 4 nitrogen and oxygen atoms in total. The summed E-state index contributed by atoms with van der Waals surface area (Å²) in [6.45, 7) is 7.77. The van der Waals surface area contributed by atoms with Gasteiger partial charge in [-0.2, -0.15) is 0 Å². The summed E-state index contributed by atoms with van der Waals surface area (Å²) in [4.78, 5) is 2.23. The predicted octanol–water partition coefficient (Wildman–Crippen LogP) is 2.93. The van der Waals surface area contributed by atoms with Crippen LogP contribution in [0.3, 0.4) is 0 Å². The van der Waals surface area contributed by atoms with Crippen LogP contribution in [0.25, 0.3) is 0 Å². The third-order valence-corrected chi connectivity index (χ3v) is 5.28. The lowest BCUT2D eigenvalue weighted by molar-refractivity contribution is -0.0713. The Morgan fingerprint density at radius 3 is 2.52 bits per heavy atom. The van der Waals surface area contributed by atoms with Gasteiger partial charge in [0.05, 0.1) is 19.3 Å². The normalized spacial score (nSPS) is 26.1. The highest BCUT2D eigenvalue weighted by atomic mass is 16.5. The Kier molecular flexibility index (Phi) is 7.88. The lowest BCUT2D eigenvalue weighted by Crippen LogP contribution is -2.46. The maximum Gasteiger partial charge on any atom is 0.0717 e. The Balaban J connectivity index is 1.88. The standard InChI is InChI=1S/C21H35NO3/c1-21(2)12-18(14-22(3)10-7-11-23)20(24)19(13-21)16-25-15-17-8-5-4-6-9-17/h4-6,8-9,18-20,23-24H,7,10-16H2,1-3H3/t18-,19+,20-/m0/s1. The van der Waals surface area contributed by atoms with Crippen molar-refractivity contribution in [3.05, 3.63) is 35.9 Å². The first kappa shape index (κ1) is 20.4. The van der Waals surface area contributed by atoms with Gasteiger partial charge in [0.15, 0.2) is 0 Å². The minimum Gasteiger partial charge on any atom is -0.396 e. The van der Waals surface area contributed by atoms with E-state index in [4.69, 9.17) is 9.84 Å². The minimum atomic E-state index is -0.319. The van der Waals surface area contributed by atoms with Crippen molar-refractivity contribution in [2.75, 3.05) is 33.4 Å². The van der Waals surface area contributed by atoms with Crippen molar-refractivity contribution in [3.63, 3.8) is 0 Å². The van der Waals surface area contributed by atoms with Crippen LogP contribution in [-0.2, 0) is 11.3 Å². The van der Waals surface area contributed by atoms with Crippen molar-refractivity contribution >= 4 is 0 Å². The molecule has 0 bridgehead atoms. The van der Waals surface area contributed by atoms with Gasteiger partial charge in [-0.3, -0.25) is 0 Å². The summed E-state index contributed by atoms with van der Waals surface area (Å²) in [6, 6.07) is 10.2. The maximum atomic E-state index is 10.9. The number of nitrogens with zero attached hydrogens (tertiary/aromatic N) is 1. The SMILES string of the molecule is CN(CCCO)C[C@@H]1CC(C)(C)C[C@H](COCc2ccccc2)[C@H]1O. The summed E-state index contributed by atoms with van der Waals surface area (Å²) in [5.74, 6) is 0.446. The van der Waals surface area contributed by atoms with E-state index in [0.717, 1.165) is 32.4 Å². The highest BCUT2D eigenvalue weighted by molar-refractivity contribution is 5.13. The van der Waals surface area contributed by atoms with E-state index in [9.17, 15) is 5.11 Å². The van der Waals surface area contributed by atoms with E-state index in [2.05, 4.69) is 37.9 Å². The van der Waals surface area contributed by atoms with E-state index in [1.807, 2.05) is 18.2 Å². The van der Waals surface area contributed by atoms with Crippen LogP contribution in [0.15, 0.2) is 30.3 Å². The van der Waals surface area contributed by atoms with Crippen molar-refractivity contribution < 1.29 is 14.9 Å². The quantitative estimate of drug-likeness (QED) is 0.720. The Morgan fingerprint density at radius 2 is 1.84 bits per heavy atom. The zero-order valence-corrected chi connectivity index (χ0v) is 16.0. The summed E-state index contributed by atoms with van der Waals surface area (Å²) in [5.41, 5.74) is 1.40. The van der Waals surface area contributed by atoms with Crippen molar-refractivity contribution in [2.24, 2.45) is 17.3 Å². The number of benzene rings is 1. The molecule has 0 heterocycles. The Morgan fingerprint density at radius 1 is 1.16 bits per heavy atom. The van der Waals surface area contributed by atoms with Crippen LogP contribution in [0.4, 0.5) is 0 Å². The summed E-state index contributed by atoms with van der Waals surface area (Å²) in [7, 11) is 2.07. The second-order valence-corrected chi connectivity index (χ2v) is 8.42. The van der Waals surface area contributed by atoms with Crippen molar-refractivity contribution in [1.29, 1.82) is 0 Å². The number of rotatable bonds is 9. The molecule has 1 aliphatic carbocycles. The van der Waals surface area contributed by atoms with Crippen LogP contribution in [0.5, 0.6) is 0 Å². The van der Waals surface area contributed by atoms with E-state index in [1.165, 1.54) is 5.56 Å². The van der Waals surface area contributed by atoms with Crippen molar-refractivity contribution in [2.45, 2.75) is 45.8 Å². The third-order valence-electron chi connectivity index (χ3n) is 5.28. The topological polar surface area (TPSA) is 52.9 Å². The first-order valence-electron chi connectivity index (χ1n) is 9.50. The molecule has 25 heavy (non-hydrogen) atoms. The molecular weight excluding hydrogens is 314 g/mol. The van der Waals surface area contributed by atoms with Gasteiger partial charge in [0.25, 0.3) is 0 Å². The lowest BCUT2D eigenvalue weighted by Gasteiger charge is -2.44. The van der Waals surface area contributed by atoms with E-state index in [1.54, 1.807) is 0 Å². The van der Waals surface area contributed by atoms with Crippen molar-refractivity contribution in [3.8, 4) is 0 Å². The van der Waals surface area contributed by atoms with E-state index >= 15 is 0 Å². The molecule has 0 radical (unpaired) electrons. The second-order valence-electron chi connectivity index (χ2n) is 8.42. The minimum absolute atomic E-state index is 0.184. The molecule has 0 amide bonds. The zero-order chi connectivity index (χ0) is 18.3. The number of hydrogen-bond donors (Lipinski definition) is 2. The van der Waals surface area contributed by atoms with E-state index in [0.29, 0.717) is 13.2 Å². The molecule has 0 unspecified atom stereocenters. The molecule has 0 aliphatic heterocycles. The highest BCUT2D eigenvalue weighted by Crippen LogP contribution is 2.42. The fourth-order valence-corrected chi connectivity index (χ4v) is 4.19. The Hall–Kier alpha value is -0.940. The molecule has 142 valence electrons. The largest absolute Gasteiger partial charge is 0.396 e. The molecule has 1 aromatic rings. The smallest absolute Gasteiger partial charge is 0.0717 e. The molecule has 2 N–H and O–H groups in total. The van der Waals surface area contributed by atoms with Crippen LogP contribution in [0, 0.1) is 17.3 Å². The molecule has 1 aliphatic rings. The van der Waals surface area contributed by atoms with Crippen LogP contribution in [0.1, 0.15) is 38.7 Å². The second kappa shape index (κ2) is 9.67. The van der Waals surface area contributed by atoms with Gasteiger partial charge in [0, 0.05) is 25.6 Å². The van der Waals surface area contributed by atoms with E-state index in [-0.39, 0.29) is 30.0 Å². The van der Waals surface area contributed by atoms with Crippen molar-refractivity contribution in [1.82, 2.24) is 4.90 Å². The summed E-state index contributed by atoms with van der Waals surface area (Å²) in [5, 5.41) is 19.9. The number of aliphatic hydroxyl groups is 2. The fourth-order valence-electron chi connectivity index (χ4n) is 4.19. The molecule has 0 aromatic heterocycles. The molecule has 3 atom stereocenters. The van der Waals surface area contributed by atoms with Crippen LogP contribution in [0.2, 0.25) is 0 Å². The molecule has 0 spiro atoms. The fraction of sp³-hybridized carbons (Fsp3) is 0.714. The molecule has 0 saturated heterocycles. The molecule has 4 heteroatoms. The summed E-state index contributed by atoms with van der Waals surface area (Å²) in [6.07, 6.45) is 2.50. The maximum absolute atomic E-state index is 10.9. The van der Waals surface area contributed by atoms with Crippen LogP contribution < -0.4 is 0 Å². The molecular formula is C21H35NO3. The van der Waals surface area contributed by atoms with Gasteiger partial charge in [0.1, 0.15) is 0 Å². The van der Waals surface area contributed by atoms with Gasteiger partial charge in [-0.25, -0.2) is 0 Å².